The Balaban J connectivity index is 2.03. The van der Waals surface area contributed by atoms with Crippen LogP contribution in [0.3, 0.4) is 0 Å². The number of nitrogens with two attached hydrogens (primary N) is 1. The molecule has 1 aliphatic rings. The Hall–Kier alpha value is -0.120. The maximum atomic E-state index is 8.64. The Morgan fingerprint density at radius 1 is 1.38 bits per heavy atom. The molecule has 0 aromatic carbocycles. The van der Waals surface area contributed by atoms with Gasteiger partial charge in [-0.3, -0.25) is 0 Å². The van der Waals surface area contributed by atoms with Gasteiger partial charge in [0.2, 0.25) is 0 Å². The fourth-order valence-electron chi connectivity index (χ4n) is 2.03. The van der Waals surface area contributed by atoms with E-state index in [1.165, 1.54) is 25.9 Å². The topological polar surface area (TPSA) is 49.5 Å². The van der Waals surface area contributed by atoms with Gasteiger partial charge in [0.05, 0.1) is 0 Å². The van der Waals surface area contributed by atoms with Gasteiger partial charge in [-0.2, -0.15) is 0 Å². The van der Waals surface area contributed by atoms with Crippen molar-refractivity contribution in [2.24, 2.45) is 11.7 Å². The fraction of sp³-hybridized carbons (Fsp3) is 1.00. The molecule has 0 aromatic heterocycles. The third-order valence-corrected chi connectivity index (χ3v) is 2.83. The highest BCUT2D eigenvalue weighted by molar-refractivity contribution is 4.75. The molecule has 13 heavy (non-hydrogen) atoms. The molecule has 1 fully saturated rings. The molecular weight excluding hydrogens is 164 g/mol. The zero-order chi connectivity index (χ0) is 9.52. The Kier molecular flexibility index (Phi) is 5.35. The predicted molar refractivity (Wildman–Crippen MR) is 54.5 cm³/mol. The normalized spacial score (nSPS) is 24.0. The van der Waals surface area contributed by atoms with Gasteiger partial charge >= 0.3 is 0 Å². The summed E-state index contributed by atoms with van der Waals surface area (Å²) in [5.41, 5.74) is 5.52. The lowest BCUT2D eigenvalue weighted by atomic mass is 10.1. The molecule has 1 saturated heterocycles. The monoisotopic (exact) mass is 186 g/mol. The maximum absolute atomic E-state index is 8.64. The summed E-state index contributed by atoms with van der Waals surface area (Å²) < 4.78 is 0. The third-order valence-electron chi connectivity index (χ3n) is 2.83. The number of unbranched alkanes of at least 4 members (excludes halogenated alkanes) is 1. The van der Waals surface area contributed by atoms with Crippen LogP contribution >= 0.6 is 0 Å². The molecule has 3 nitrogen and oxygen atoms in total. The van der Waals surface area contributed by atoms with Gasteiger partial charge < -0.3 is 15.7 Å². The van der Waals surface area contributed by atoms with Crippen molar-refractivity contribution in [1.82, 2.24) is 4.90 Å². The van der Waals surface area contributed by atoms with E-state index < -0.39 is 0 Å². The Labute approximate surface area is 80.9 Å². The Morgan fingerprint density at radius 2 is 2.23 bits per heavy atom. The molecule has 0 amide bonds. The first-order valence-corrected chi connectivity index (χ1v) is 5.40. The summed E-state index contributed by atoms with van der Waals surface area (Å²) in [5, 5.41) is 8.64. The molecule has 0 saturated carbocycles. The van der Waals surface area contributed by atoms with Crippen LogP contribution in [0.5, 0.6) is 0 Å². The minimum atomic E-state index is 0.333. The fourth-order valence-corrected chi connectivity index (χ4v) is 2.03. The van der Waals surface area contributed by atoms with Gasteiger partial charge in [-0.05, 0) is 51.2 Å². The standard InChI is InChI=1S/C10H22N2O/c11-5-3-10-4-7-12(9-10)6-1-2-8-13/h10,13H,1-9,11H2. The number of nitrogens with zero attached hydrogens (tertiary/aromatic N) is 1. The van der Waals surface area contributed by atoms with Crippen LogP contribution in [0, 0.1) is 5.92 Å². The summed E-state index contributed by atoms with van der Waals surface area (Å²) in [5.74, 6) is 0.833. The van der Waals surface area contributed by atoms with Crippen LogP contribution in [0.25, 0.3) is 0 Å². The second-order valence-electron chi connectivity index (χ2n) is 3.96. The summed E-state index contributed by atoms with van der Waals surface area (Å²) in [6, 6.07) is 0. The SMILES string of the molecule is NCCC1CCN(CCCCO)C1. The summed E-state index contributed by atoms with van der Waals surface area (Å²) in [4.78, 5) is 2.50. The maximum Gasteiger partial charge on any atom is 0.0431 e. The predicted octanol–water partition coefficient (Wildman–Crippen LogP) is 0.430. The average molecular weight is 186 g/mol. The highest BCUT2D eigenvalue weighted by atomic mass is 16.2. The van der Waals surface area contributed by atoms with Gasteiger partial charge in [0.25, 0.3) is 0 Å². The summed E-state index contributed by atoms with van der Waals surface area (Å²) in [6.45, 7) is 4.77. The van der Waals surface area contributed by atoms with Crippen molar-refractivity contribution in [3.05, 3.63) is 0 Å². The van der Waals surface area contributed by atoms with Crippen molar-refractivity contribution >= 4 is 0 Å². The Bertz CT molecular complexity index is 130. The second kappa shape index (κ2) is 6.35. The van der Waals surface area contributed by atoms with Crippen molar-refractivity contribution in [2.75, 3.05) is 32.8 Å². The number of likely N-dealkylation sites (tertiary alicyclic amines) is 1. The van der Waals surface area contributed by atoms with Gasteiger partial charge in [0.1, 0.15) is 0 Å². The van der Waals surface area contributed by atoms with E-state index >= 15 is 0 Å². The smallest absolute Gasteiger partial charge is 0.0431 e. The summed E-state index contributed by atoms with van der Waals surface area (Å²) in [6.07, 6.45) is 4.57. The van der Waals surface area contributed by atoms with Crippen molar-refractivity contribution < 1.29 is 5.11 Å². The molecule has 1 heterocycles. The first-order chi connectivity index (χ1) is 6.36. The van der Waals surface area contributed by atoms with Crippen LogP contribution < -0.4 is 5.73 Å². The molecule has 3 heteroatoms. The third kappa shape index (κ3) is 4.07. The lowest BCUT2D eigenvalue weighted by Crippen LogP contribution is -2.22. The van der Waals surface area contributed by atoms with Crippen LogP contribution in [0.15, 0.2) is 0 Å². The minimum absolute atomic E-state index is 0.333. The summed E-state index contributed by atoms with van der Waals surface area (Å²) >= 11 is 0. The lowest BCUT2D eigenvalue weighted by Gasteiger charge is -2.15. The first-order valence-electron chi connectivity index (χ1n) is 5.40. The van der Waals surface area contributed by atoms with Crippen LogP contribution in [-0.2, 0) is 0 Å². The number of hydrogen-bond donors (Lipinski definition) is 2. The van der Waals surface area contributed by atoms with Crippen LogP contribution in [0.1, 0.15) is 25.7 Å². The van der Waals surface area contributed by atoms with Crippen LogP contribution in [0.2, 0.25) is 0 Å². The largest absolute Gasteiger partial charge is 0.396 e. The molecule has 0 bridgehead atoms. The average Bonchev–Trinajstić information content (AvgIpc) is 2.54. The van der Waals surface area contributed by atoms with Crippen molar-refractivity contribution in [1.29, 1.82) is 0 Å². The summed E-state index contributed by atoms with van der Waals surface area (Å²) in [7, 11) is 0. The van der Waals surface area contributed by atoms with Crippen LogP contribution in [0.4, 0.5) is 0 Å². The van der Waals surface area contributed by atoms with Crippen molar-refractivity contribution in [3.8, 4) is 0 Å². The van der Waals surface area contributed by atoms with Gasteiger partial charge in [-0.1, -0.05) is 0 Å². The molecule has 78 valence electrons. The molecule has 0 aromatic rings. The molecule has 1 aliphatic heterocycles. The van der Waals surface area contributed by atoms with E-state index in [1.54, 1.807) is 0 Å². The van der Waals surface area contributed by atoms with E-state index in [2.05, 4.69) is 4.90 Å². The molecule has 3 N–H and O–H groups in total. The van der Waals surface area contributed by atoms with E-state index in [-0.39, 0.29) is 0 Å². The molecule has 0 spiro atoms. The van der Waals surface area contributed by atoms with Gasteiger partial charge in [0.15, 0.2) is 0 Å². The van der Waals surface area contributed by atoms with Gasteiger partial charge in [-0.15, -0.1) is 0 Å². The van der Waals surface area contributed by atoms with Gasteiger partial charge in [-0.25, -0.2) is 0 Å². The van der Waals surface area contributed by atoms with E-state index in [0.717, 1.165) is 31.8 Å². The number of aliphatic hydroxyl groups excluding tert-OH is 1. The van der Waals surface area contributed by atoms with Crippen molar-refractivity contribution in [3.63, 3.8) is 0 Å². The van der Waals surface area contributed by atoms with E-state index in [4.69, 9.17) is 10.8 Å². The van der Waals surface area contributed by atoms with Gasteiger partial charge in [0, 0.05) is 13.2 Å². The molecule has 1 rings (SSSR count). The van der Waals surface area contributed by atoms with E-state index in [0.29, 0.717) is 6.61 Å². The van der Waals surface area contributed by atoms with Crippen molar-refractivity contribution in [2.45, 2.75) is 25.7 Å². The quantitative estimate of drug-likeness (QED) is 0.591. The zero-order valence-corrected chi connectivity index (χ0v) is 8.41. The molecule has 0 radical (unpaired) electrons. The molecular formula is C10H22N2O. The highest BCUT2D eigenvalue weighted by Crippen LogP contribution is 2.18. The van der Waals surface area contributed by atoms with E-state index in [1.807, 2.05) is 0 Å². The lowest BCUT2D eigenvalue weighted by molar-refractivity contribution is 0.260. The number of rotatable bonds is 6. The molecule has 1 unspecified atom stereocenters. The first kappa shape index (κ1) is 11.0. The Morgan fingerprint density at radius 3 is 2.92 bits per heavy atom. The number of hydrogen-bond acceptors (Lipinski definition) is 3. The minimum Gasteiger partial charge on any atom is -0.396 e. The van der Waals surface area contributed by atoms with Crippen LogP contribution in [-0.4, -0.2) is 42.8 Å². The number of aliphatic hydroxyl groups is 1. The zero-order valence-electron chi connectivity index (χ0n) is 8.41. The highest BCUT2D eigenvalue weighted by Gasteiger charge is 2.20. The molecule has 1 atom stereocenters. The van der Waals surface area contributed by atoms with E-state index in [9.17, 15) is 0 Å². The molecule has 0 aliphatic carbocycles. The second-order valence-corrected chi connectivity index (χ2v) is 3.96.